The molecule has 1 aromatic rings. The van der Waals surface area contributed by atoms with Gasteiger partial charge in [0.05, 0.1) is 6.67 Å². The number of aryl methyl sites for hydroxylation is 1. The molecule has 1 aliphatic heterocycles. The first-order valence-electron chi connectivity index (χ1n) is 5.87. The Balaban J connectivity index is 2.04. The molecule has 1 aliphatic rings. The number of nitrogens with zero attached hydrogens (tertiary/aromatic N) is 4. The van der Waals surface area contributed by atoms with Crippen molar-refractivity contribution in [2.75, 3.05) is 13.1 Å². The van der Waals surface area contributed by atoms with Crippen LogP contribution in [-0.4, -0.2) is 32.3 Å². The Morgan fingerprint density at radius 1 is 1.38 bits per heavy atom. The highest BCUT2D eigenvalue weighted by Crippen LogP contribution is 2.21. The van der Waals surface area contributed by atoms with Crippen LogP contribution >= 0.6 is 12.2 Å². The summed E-state index contributed by atoms with van der Waals surface area (Å²) < 4.78 is 4.58. The maximum absolute atomic E-state index is 5.29. The standard InChI is InChI=1S/C11H20N4S/c1-9-4-10(2)6-14(5-9)8-15-11(16)13(3)7-12-15/h7,9-10H,4-6,8H2,1-3H3/t9-,10-/m0/s1. The van der Waals surface area contributed by atoms with E-state index in [1.165, 1.54) is 6.42 Å². The summed E-state index contributed by atoms with van der Waals surface area (Å²) in [5.41, 5.74) is 0. The van der Waals surface area contributed by atoms with Crippen LogP contribution in [-0.2, 0) is 13.7 Å². The van der Waals surface area contributed by atoms with Gasteiger partial charge in [-0.15, -0.1) is 0 Å². The van der Waals surface area contributed by atoms with Crippen LogP contribution in [0.3, 0.4) is 0 Å². The van der Waals surface area contributed by atoms with Crippen LogP contribution in [0.25, 0.3) is 0 Å². The highest BCUT2D eigenvalue weighted by atomic mass is 32.1. The molecule has 1 saturated heterocycles. The predicted octanol–water partition coefficient (Wildman–Crippen LogP) is 1.89. The van der Waals surface area contributed by atoms with Gasteiger partial charge < -0.3 is 4.57 Å². The molecule has 0 spiro atoms. The number of aromatic nitrogens is 3. The summed E-state index contributed by atoms with van der Waals surface area (Å²) in [6.45, 7) is 7.78. The maximum Gasteiger partial charge on any atom is 0.198 e. The molecule has 0 amide bonds. The quantitative estimate of drug-likeness (QED) is 0.738. The first-order valence-corrected chi connectivity index (χ1v) is 6.28. The Labute approximate surface area is 102 Å². The number of likely N-dealkylation sites (tertiary alicyclic amines) is 1. The average Bonchev–Trinajstić information content (AvgIpc) is 2.48. The average molecular weight is 240 g/mol. The van der Waals surface area contributed by atoms with E-state index >= 15 is 0 Å². The molecule has 0 aromatic carbocycles. The predicted molar refractivity (Wildman–Crippen MR) is 66.6 cm³/mol. The molecule has 1 aromatic heterocycles. The van der Waals surface area contributed by atoms with Crippen molar-refractivity contribution in [3.8, 4) is 0 Å². The maximum atomic E-state index is 5.29. The zero-order chi connectivity index (χ0) is 11.7. The van der Waals surface area contributed by atoms with Gasteiger partial charge in [0, 0.05) is 20.1 Å². The summed E-state index contributed by atoms with van der Waals surface area (Å²) in [6.07, 6.45) is 3.11. The van der Waals surface area contributed by atoms with Gasteiger partial charge >= 0.3 is 0 Å². The fraction of sp³-hybridized carbons (Fsp3) is 0.818. The fourth-order valence-electron chi connectivity index (χ4n) is 2.61. The first kappa shape index (κ1) is 11.8. The molecule has 0 bridgehead atoms. The smallest absolute Gasteiger partial charge is 0.198 e. The van der Waals surface area contributed by atoms with Gasteiger partial charge in [-0.2, -0.15) is 5.10 Å². The van der Waals surface area contributed by atoms with Crippen molar-refractivity contribution in [3.05, 3.63) is 11.1 Å². The number of hydrogen-bond acceptors (Lipinski definition) is 3. The van der Waals surface area contributed by atoms with Gasteiger partial charge in [0.15, 0.2) is 4.77 Å². The van der Waals surface area contributed by atoms with E-state index < -0.39 is 0 Å². The van der Waals surface area contributed by atoms with E-state index in [1.807, 2.05) is 16.3 Å². The Morgan fingerprint density at radius 3 is 2.50 bits per heavy atom. The molecule has 5 heteroatoms. The lowest BCUT2D eigenvalue weighted by Crippen LogP contribution is -2.39. The molecular weight excluding hydrogens is 220 g/mol. The minimum Gasteiger partial charge on any atom is -0.310 e. The van der Waals surface area contributed by atoms with E-state index in [2.05, 4.69) is 23.8 Å². The number of rotatable bonds is 2. The molecule has 2 rings (SSSR count). The molecule has 0 N–H and O–H groups in total. The molecule has 1 fully saturated rings. The second-order valence-corrected chi connectivity index (χ2v) is 5.51. The van der Waals surface area contributed by atoms with Gasteiger partial charge in [-0.05, 0) is 30.5 Å². The Bertz CT molecular complexity index is 398. The van der Waals surface area contributed by atoms with Crippen LogP contribution in [0.15, 0.2) is 6.33 Å². The van der Waals surface area contributed by atoms with E-state index in [9.17, 15) is 0 Å². The van der Waals surface area contributed by atoms with E-state index in [4.69, 9.17) is 12.2 Å². The summed E-state index contributed by atoms with van der Waals surface area (Å²) in [6, 6.07) is 0. The molecule has 0 aliphatic carbocycles. The van der Waals surface area contributed by atoms with Crippen molar-refractivity contribution >= 4 is 12.2 Å². The second-order valence-electron chi connectivity index (χ2n) is 5.15. The highest BCUT2D eigenvalue weighted by molar-refractivity contribution is 7.71. The van der Waals surface area contributed by atoms with E-state index in [0.717, 1.165) is 36.4 Å². The van der Waals surface area contributed by atoms with Gasteiger partial charge in [-0.1, -0.05) is 13.8 Å². The molecule has 0 saturated carbocycles. The fourth-order valence-corrected chi connectivity index (χ4v) is 2.77. The van der Waals surface area contributed by atoms with Gasteiger partial charge in [-0.3, -0.25) is 4.90 Å². The summed E-state index contributed by atoms with van der Waals surface area (Å²) in [5.74, 6) is 1.56. The van der Waals surface area contributed by atoms with Crippen molar-refractivity contribution in [1.82, 2.24) is 19.2 Å². The first-order chi connectivity index (χ1) is 7.56. The van der Waals surface area contributed by atoms with Gasteiger partial charge in [-0.25, -0.2) is 4.68 Å². The zero-order valence-corrected chi connectivity index (χ0v) is 11.1. The largest absolute Gasteiger partial charge is 0.310 e. The van der Waals surface area contributed by atoms with Crippen LogP contribution in [0.5, 0.6) is 0 Å². The lowest BCUT2D eigenvalue weighted by molar-refractivity contribution is 0.103. The summed E-state index contributed by atoms with van der Waals surface area (Å²) in [4.78, 5) is 2.45. The highest BCUT2D eigenvalue weighted by Gasteiger charge is 2.22. The van der Waals surface area contributed by atoms with E-state index in [1.54, 1.807) is 6.33 Å². The van der Waals surface area contributed by atoms with Crippen LogP contribution in [0.2, 0.25) is 0 Å². The van der Waals surface area contributed by atoms with Crippen molar-refractivity contribution in [1.29, 1.82) is 0 Å². The number of hydrogen-bond donors (Lipinski definition) is 0. The third kappa shape index (κ3) is 2.52. The van der Waals surface area contributed by atoms with Crippen LogP contribution in [0.4, 0.5) is 0 Å². The molecular formula is C11H20N4S. The Hall–Kier alpha value is -0.680. The summed E-state index contributed by atoms with van der Waals surface area (Å²) in [7, 11) is 1.94. The molecule has 90 valence electrons. The van der Waals surface area contributed by atoms with Crippen molar-refractivity contribution in [2.45, 2.75) is 26.9 Å². The lowest BCUT2D eigenvalue weighted by Gasteiger charge is -2.34. The monoisotopic (exact) mass is 240 g/mol. The molecule has 2 heterocycles. The van der Waals surface area contributed by atoms with Gasteiger partial charge in [0.2, 0.25) is 0 Å². The Morgan fingerprint density at radius 2 is 2.00 bits per heavy atom. The van der Waals surface area contributed by atoms with E-state index in [-0.39, 0.29) is 0 Å². The second kappa shape index (κ2) is 4.67. The third-order valence-electron chi connectivity index (χ3n) is 3.17. The normalized spacial score (nSPS) is 27.2. The summed E-state index contributed by atoms with van der Waals surface area (Å²) in [5, 5.41) is 4.29. The lowest BCUT2D eigenvalue weighted by atomic mass is 9.92. The SMILES string of the molecule is C[C@H]1C[C@H](C)CN(Cn2ncn(C)c2=S)C1. The third-order valence-corrected chi connectivity index (χ3v) is 3.66. The minimum atomic E-state index is 0.779. The summed E-state index contributed by atoms with van der Waals surface area (Å²) >= 11 is 5.29. The topological polar surface area (TPSA) is 26.0 Å². The minimum absolute atomic E-state index is 0.779. The Kier molecular flexibility index (Phi) is 3.44. The van der Waals surface area contributed by atoms with Crippen LogP contribution in [0, 0.1) is 16.6 Å². The number of piperidine rings is 1. The van der Waals surface area contributed by atoms with Gasteiger partial charge in [0.1, 0.15) is 6.33 Å². The molecule has 0 radical (unpaired) electrons. The van der Waals surface area contributed by atoms with Crippen molar-refractivity contribution < 1.29 is 0 Å². The molecule has 16 heavy (non-hydrogen) atoms. The van der Waals surface area contributed by atoms with Crippen LogP contribution < -0.4 is 0 Å². The molecule has 4 nitrogen and oxygen atoms in total. The zero-order valence-electron chi connectivity index (χ0n) is 10.3. The molecule has 2 atom stereocenters. The van der Waals surface area contributed by atoms with Crippen LogP contribution in [0.1, 0.15) is 20.3 Å². The molecule has 0 unspecified atom stereocenters. The van der Waals surface area contributed by atoms with Crippen molar-refractivity contribution in [3.63, 3.8) is 0 Å². The van der Waals surface area contributed by atoms with E-state index in [0.29, 0.717) is 0 Å². The van der Waals surface area contributed by atoms with Crippen molar-refractivity contribution in [2.24, 2.45) is 18.9 Å². The van der Waals surface area contributed by atoms with Gasteiger partial charge in [0.25, 0.3) is 0 Å².